The molecule has 0 aromatic carbocycles. The largest absolute Gasteiger partial charge is 0.504 e. The second-order valence-electron chi connectivity index (χ2n) is 3.36. The van der Waals surface area contributed by atoms with Crippen LogP contribution in [0.15, 0.2) is 6.20 Å². The van der Waals surface area contributed by atoms with Crippen molar-refractivity contribution in [2.24, 2.45) is 0 Å². The molecule has 3 heteroatoms. The molecule has 1 aliphatic carbocycles. The summed E-state index contributed by atoms with van der Waals surface area (Å²) in [4.78, 5) is 0. The lowest BCUT2D eigenvalue weighted by atomic mass is 9.82. The topological polar surface area (TPSA) is 38.0 Å². The number of aryl methyl sites for hydroxylation is 1. The van der Waals surface area contributed by atoms with Crippen LogP contribution in [0, 0.1) is 0 Å². The Hall–Kier alpha value is -0.990. The minimum absolute atomic E-state index is 0.376. The average Bonchev–Trinajstić information content (AvgIpc) is 2.30. The number of hydrogen-bond donors (Lipinski definition) is 1. The molecule has 0 spiro atoms. The molecule has 1 saturated carbocycles. The molecule has 2 rings (SSSR count). The summed E-state index contributed by atoms with van der Waals surface area (Å²) >= 11 is 0. The van der Waals surface area contributed by atoms with Crippen LogP contribution in [0.1, 0.15) is 37.8 Å². The van der Waals surface area contributed by atoms with Gasteiger partial charge in [-0.2, -0.15) is 5.10 Å². The van der Waals surface area contributed by atoms with Crippen molar-refractivity contribution >= 4 is 0 Å². The summed E-state index contributed by atoms with van der Waals surface area (Å²) in [5, 5.41) is 13.6. The van der Waals surface area contributed by atoms with E-state index >= 15 is 0 Å². The zero-order valence-corrected chi connectivity index (χ0v) is 7.32. The molecule has 0 unspecified atom stereocenters. The smallest absolute Gasteiger partial charge is 0.157 e. The normalized spacial score (nSPS) is 17.8. The van der Waals surface area contributed by atoms with Crippen LogP contribution < -0.4 is 0 Å². The zero-order valence-electron chi connectivity index (χ0n) is 7.32. The highest BCUT2D eigenvalue weighted by Crippen LogP contribution is 2.40. The minimum atomic E-state index is 0.376. The second kappa shape index (κ2) is 2.81. The fourth-order valence-electron chi connectivity index (χ4n) is 1.74. The van der Waals surface area contributed by atoms with Crippen molar-refractivity contribution in [1.29, 1.82) is 0 Å². The maximum absolute atomic E-state index is 9.51. The summed E-state index contributed by atoms with van der Waals surface area (Å²) in [6.45, 7) is 2.90. The number of rotatable bonds is 2. The lowest BCUT2D eigenvalue weighted by molar-refractivity contribution is 0.369. The maximum Gasteiger partial charge on any atom is 0.157 e. The number of aromatic hydroxyl groups is 1. The molecule has 12 heavy (non-hydrogen) atoms. The summed E-state index contributed by atoms with van der Waals surface area (Å²) < 4.78 is 1.90. The summed E-state index contributed by atoms with van der Waals surface area (Å²) in [5.41, 5.74) is 1.05. The average molecular weight is 166 g/mol. The molecule has 0 radical (unpaired) electrons. The van der Waals surface area contributed by atoms with Gasteiger partial charge >= 0.3 is 0 Å². The van der Waals surface area contributed by atoms with Gasteiger partial charge in [-0.15, -0.1) is 0 Å². The predicted octanol–water partition coefficient (Wildman–Crippen LogP) is 1.88. The van der Waals surface area contributed by atoms with Crippen LogP contribution in [0.4, 0.5) is 0 Å². The van der Waals surface area contributed by atoms with Crippen molar-refractivity contribution in [1.82, 2.24) is 9.78 Å². The molecule has 1 aromatic heterocycles. The Morgan fingerprint density at radius 1 is 1.67 bits per heavy atom. The lowest BCUT2D eigenvalue weighted by Gasteiger charge is -2.25. The van der Waals surface area contributed by atoms with Crippen LogP contribution in [-0.4, -0.2) is 14.9 Å². The van der Waals surface area contributed by atoms with Crippen molar-refractivity contribution in [3.05, 3.63) is 11.9 Å². The van der Waals surface area contributed by atoms with E-state index in [1.807, 2.05) is 4.68 Å². The van der Waals surface area contributed by atoms with E-state index in [0.717, 1.165) is 12.2 Å². The number of nitrogens with zero attached hydrogens (tertiary/aromatic N) is 2. The fraction of sp³-hybridized carbons (Fsp3) is 0.667. The third-order valence-corrected chi connectivity index (χ3v) is 2.65. The third-order valence-electron chi connectivity index (χ3n) is 2.65. The van der Waals surface area contributed by atoms with Gasteiger partial charge in [0.15, 0.2) is 5.75 Å². The van der Waals surface area contributed by atoms with Gasteiger partial charge in [-0.05, 0) is 19.8 Å². The highest BCUT2D eigenvalue weighted by molar-refractivity contribution is 5.28. The second-order valence-corrected chi connectivity index (χ2v) is 3.36. The molecule has 0 bridgehead atoms. The highest BCUT2D eigenvalue weighted by Gasteiger charge is 2.25. The molecule has 1 fully saturated rings. The maximum atomic E-state index is 9.51. The van der Waals surface area contributed by atoms with E-state index in [0.29, 0.717) is 11.7 Å². The highest BCUT2D eigenvalue weighted by atomic mass is 16.3. The Morgan fingerprint density at radius 3 is 2.92 bits per heavy atom. The molecule has 0 saturated heterocycles. The summed E-state index contributed by atoms with van der Waals surface area (Å²) in [7, 11) is 0. The van der Waals surface area contributed by atoms with Gasteiger partial charge in [-0.25, -0.2) is 0 Å². The SMILES string of the molecule is CCn1ncc(O)c1C1CCC1. The van der Waals surface area contributed by atoms with Crippen molar-refractivity contribution in [3.8, 4) is 5.75 Å². The predicted molar refractivity (Wildman–Crippen MR) is 46.2 cm³/mol. The van der Waals surface area contributed by atoms with E-state index in [9.17, 15) is 5.11 Å². The molecule has 1 aliphatic rings. The van der Waals surface area contributed by atoms with E-state index < -0.39 is 0 Å². The zero-order chi connectivity index (χ0) is 8.55. The monoisotopic (exact) mass is 166 g/mol. The van der Waals surface area contributed by atoms with Gasteiger partial charge in [-0.3, -0.25) is 4.68 Å². The van der Waals surface area contributed by atoms with Crippen molar-refractivity contribution in [2.45, 2.75) is 38.6 Å². The van der Waals surface area contributed by atoms with Gasteiger partial charge in [0.1, 0.15) is 0 Å². The van der Waals surface area contributed by atoms with Gasteiger partial charge in [0, 0.05) is 12.5 Å². The van der Waals surface area contributed by atoms with Crippen LogP contribution in [0.5, 0.6) is 5.75 Å². The lowest BCUT2D eigenvalue weighted by Crippen LogP contribution is -2.14. The van der Waals surface area contributed by atoms with E-state index in [1.165, 1.54) is 19.3 Å². The van der Waals surface area contributed by atoms with E-state index in [-0.39, 0.29) is 0 Å². The Bertz CT molecular complexity index is 276. The Labute approximate surface area is 72.0 Å². The van der Waals surface area contributed by atoms with Gasteiger partial charge < -0.3 is 5.11 Å². The Morgan fingerprint density at radius 2 is 2.42 bits per heavy atom. The van der Waals surface area contributed by atoms with Crippen LogP contribution >= 0.6 is 0 Å². The summed E-state index contributed by atoms with van der Waals surface area (Å²) in [6, 6.07) is 0. The fourth-order valence-corrected chi connectivity index (χ4v) is 1.74. The molecule has 0 atom stereocenters. The first-order valence-electron chi connectivity index (χ1n) is 4.57. The first-order chi connectivity index (χ1) is 5.83. The summed E-state index contributed by atoms with van der Waals surface area (Å²) in [6.07, 6.45) is 5.26. The Kier molecular flexibility index (Phi) is 1.79. The van der Waals surface area contributed by atoms with Crippen molar-refractivity contribution in [2.75, 3.05) is 0 Å². The first-order valence-corrected chi connectivity index (χ1v) is 4.57. The molecule has 1 aromatic rings. The van der Waals surface area contributed by atoms with Crippen molar-refractivity contribution in [3.63, 3.8) is 0 Å². The van der Waals surface area contributed by atoms with Gasteiger partial charge in [0.2, 0.25) is 0 Å². The quantitative estimate of drug-likeness (QED) is 0.728. The van der Waals surface area contributed by atoms with Crippen LogP contribution in [0.2, 0.25) is 0 Å². The first kappa shape index (κ1) is 7.65. The van der Waals surface area contributed by atoms with Crippen LogP contribution in [0.3, 0.4) is 0 Å². The molecule has 1 N–H and O–H groups in total. The molecule has 1 heterocycles. The number of hydrogen-bond acceptors (Lipinski definition) is 2. The summed E-state index contributed by atoms with van der Waals surface area (Å²) in [5.74, 6) is 0.939. The molecule has 66 valence electrons. The van der Waals surface area contributed by atoms with Gasteiger partial charge in [-0.1, -0.05) is 6.42 Å². The van der Waals surface area contributed by atoms with Gasteiger partial charge in [0.05, 0.1) is 11.9 Å². The van der Waals surface area contributed by atoms with E-state index in [4.69, 9.17) is 0 Å². The molecular weight excluding hydrogens is 152 g/mol. The van der Waals surface area contributed by atoms with Crippen LogP contribution in [0.25, 0.3) is 0 Å². The Balaban J connectivity index is 2.31. The molecular formula is C9H14N2O. The van der Waals surface area contributed by atoms with Crippen LogP contribution in [-0.2, 0) is 6.54 Å². The van der Waals surface area contributed by atoms with Gasteiger partial charge in [0.25, 0.3) is 0 Å². The minimum Gasteiger partial charge on any atom is -0.504 e. The molecule has 3 nitrogen and oxygen atoms in total. The van der Waals surface area contributed by atoms with E-state index in [1.54, 1.807) is 6.20 Å². The van der Waals surface area contributed by atoms with Crippen molar-refractivity contribution < 1.29 is 5.11 Å². The third kappa shape index (κ3) is 1.00. The molecule has 0 amide bonds. The van der Waals surface area contributed by atoms with E-state index in [2.05, 4.69) is 12.0 Å². The number of aromatic nitrogens is 2. The standard InChI is InChI=1S/C9H14N2O/c1-2-11-9(7-4-3-5-7)8(12)6-10-11/h6-7,12H,2-5H2,1H3. The molecule has 0 aliphatic heterocycles.